The summed E-state index contributed by atoms with van der Waals surface area (Å²) in [5.41, 5.74) is 30.3. The van der Waals surface area contributed by atoms with Crippen LogP contribution in [0.3, 0.4) is 0 Å². The van der Waals surface area contributed by atoms with Crippen LogP contribution in [-0.2, 0) is 10.8 Å². The van der Waals surface area contributed by atoms with E-state index in [-0.39, 0.29) is 10.8 Å². The van der Waals surface area contributed by atoms with Crippen molar-refractivity contribution in [1.82, 2.24) is 9.13 Å². The summed E-state index contributed by atoms with van der Waals surface area (Å²) in [6.45, 7) is 9.39. The SMILES string of the molecule is CC1(C)c2ccccc2-c2ccc(N(c3ccc(-c4ccc5c(c4)c4ccccc4n5-c4ccccc4)cc3)c3ccc4oc5ccccc5c4c3)cc21.CC1(C)c2ccccc2-c2ccc(N(c3ccc4oc5ccccc5c4c3)c3ccc4c(c3)c3ccccc3n4-c3ccccc3)cc21. The van der Waals surface area contributed by atoms with E-state index in [0.29, 0.717) is 0 Å². The van der Waals surface area contributed by atoms with Crippen LogP contribution >= 0.6 is 0 Å². The van der Waals surface area contributed by atoms with E-state index in [9.17, 15) is 0 Å². The van der Waals surface area contributed by atoms with Gasteiger partial charge in [0.1, 0.15) is 22.3 Å². The Kier molecular flexibility index (Phi) is 13.2. The van der Waals surface area contributed by atoms with E-state index in [0.717, 1.165) is 83.7 Å². The first-order valence-corrected chi connectivity index (χ1v) is 35.3. The second kappa shape index (κ2) is 22.8. The number of nitrogens with zero attached hydrogens (tertiary/aromatic N) is 4. The van der Waals surface area contributed by atoms with Crippen molar-refractivity contribution >= 4 is 122 Å². The third-order valence-corrected chi connectivity index (χ3v) is 22.0. The Labute approximate surface area is 591 Å². The highest BCUT2D eigenvalue weighted by Gasteiger charge is 2.38. The molecule has 0 amide bonds. The number of hydrogen-bond acceptors (Lipinski definition) is 4. The van der Waals surface area contributed by atoms with Gasteiger partial charge < -0.3 is 27.8 Å². The van der Waals surface area contributed by atoms with Crippen molar-refractivity contribution in [1.29, 1.82) is 0 Å². The monoisotopic (exact) mass is 1310 g/mol. The van der Waals surface area contributed by atoms with Crippen LogP contribution < -0.4 is 9.80 Å². The molecule has 0 atom stereocenters. The molecule has 2 aliphatic carbocycles. The molecule has 0 unspecified atom stereocenters. The molecule has 0 bridgehead atoms. The quantitative estimate of drug-likeness (QED) is 0.144. The summed E-state index contributed by atoms with van der Waals surface area (Å²) in [6, 6.07) is 123. The number of benzene rings is 15. The van der Waals surface area contributed by atoms with E-state index in [1.165, 1.54) is 105 Å². The zero-order valence-corrected chi connectivity index (χ0v) is 56.9. The molecule has 6 heteroatoms. The topological polar surface area (TPSA) is 42.6 Å². The first kappa shape index (κ1) is 59.2. The molecule has 0 saturated carbocycles. The highest BCUT2D eigenvalue weighted by Crippen LogP contribution is 2.54. The van der Waals surface area contributed by atoms with Crippen molar-refractivity contribution in [2.75, 3.05) is 9.80 Å². The number of hydrogen-bond donors (Lipinski definition) is 0. The minimum absolute atomic E-state index is 0.106. The molecule has 0 N–H and O–H groups in total. The maximum absolute atomic E-state index is 6.25. The lowest BCUT2D eigenvalue weighted by Crippen LogP contribution is -2.16. The van der Waals surface area contributed by atoms with Gasteiger partial charge in [-0.2, -0.15) is 0 Å². The molecule has 102 heavy (non-hydrogen) atoms. The zero-order valence-electron chi connectivity index (χ0n) is 56.9. The Bertz CT molecular complexity index is 6580. The van der Waals surface area contributed by atoms with Crippen LogP contribution in [0.4, 0.5) is 34.1 Å². The van der Waals surface area contributed by atoms with Crippen molar-refractivity contribution < 1.29 is 8.83 Å². The van der Waals surface area contributed by atoms with Crippen molar-refractivity contribution in [3.05, 3.63) is 362 Å². The second-order valence-electron chi connectivity index (χ2n) is 28.4. The van der Waals surface area contributed by atoms with Crippen molar-refractivity contribution in [3.8, 4) is 44.8 Å². The molecule has 6 nitrogen and oxygen atoms in total. The maximum Gasteiger partial charge on any atom is 0.135 e. The lowest BCUT2D eigenvalue weighted by atomic mass is 9.82. The number of anilines is 6. The van der Waals surface area contributed by atoms with E-state index in [1.807, 2.05) is 24.3 Å². The summed E-state index contributed by atoms with van der Waals surface area (Å²) in [7, 11) is 0. The molecule has 0 spiro atoms. The van der Waals surface area contributed by atoms with Crippen LogP contribution in [0.1, 0.15) is 49.9 Å². The number of aromatic nitrogens is 2. The van der Waals surface area contributed by atoms with Gasteiger partial charge in [0, 0.05) is 99.4 Å². The summed E-state index contributed by atoms with van der Waals surface area (Å²) in [6.07, 6.45) is 0. The predicted octanol–water partition coefficient (Wildman–Crippen LogP) is 26.6. The largest absolute Gasteiger partial charge is 0.456 e. The summed E-state index contributed by atoms with van der Waals surface area (Å²) in [5, 5.41) is 9.44. The fourth-order valence-corrected chi connectivity index (χ4v) is 17.0. The Morgan fingerprint density at radius 1 is 0.225 bits per heavy atom. The van der Waals surface area contributed by atoms with Crippen LogP contribution in [0.5, 0.6) is 0 Å². The molecule has 2 aliphatic rings. The molecular formula is C96H68N4O2. The second-order valence-corrected chi connectivity index (χ2v) is 28.4. The van der Waals surface area contributed by atoms with Crippen LogP contribution in [0, 0.1) is 0 Å². The zero-order chi connectivity index (χ0) is 68.0. The number of fused-ring (bicyclic) bond motifs is 18. The van der Waals surface area contributed by atoms with E-state index >= 15 is 0 Å². The molecular weight excluding hydrogens is 1240 g/mol. The van der Waals surface area contributed by atoms with E-state index < -0.39 is 0 Å². The summed E-state index contributed by atoms with van der Waals surface area (Å²) in [5.74, 6) is 0. The van der Waals surface area contributed by atoms with Crippen LogP contribution in [0.15, 0.2) is 349 Å². The third-order valence-electron chi connectivity index (χ3n) is 22.0. The first-order valence-electron chi connectivity index (χ1n) is 35.3. The lowest BCUT2D eigenvalue weighted by Gasteiger charge is -2.28. The average Bonchev–Trinajstić information content (AvgIpc) is 1.57. The van der Waals surface area contributed by atoms with Gasteiger partial charge in [0.05, 0.1) is 22.1 Å². The van der Waals surface area contributed by atoms with Crippen molar-refractivity contribution in [3.63, 3.8) is 0 Å². The fraction of sp³-hybridized carbons (Fsp3) is 0.0625. The van der Waals surface area contributed by atoms with Gasteiger partial charge in [-0.15, -0.1) is 0 Å². The van der Waals surface area contributed by atoms with E-state index in [4.69, 9.17) is 8.83 Å². The summed E-state index contributed by atoms with van der Waals surface area (Å²) in [4.78, 5) is 4.80. The molecule has 0 radical (unpaired) electrons. The van der Waals surface area contributed by atoms with Crippen LogP contribution in [0.25, 0.3) is 132 Å². The van der Waals surface area contributed by atoms with Crippen LogP contribution in [0.2, 0.25) is 0 Å². The smallest absolute Gasteiger partial charge is 0.135 e. The van der Waals surface area contributed by atoms with Gasteiger partial charge in [-0.25, -0.2) is 0 Å². The molecule has 0 fully saturated rings. The standard InChI is InChI=1S/C51H36N2O.C45H32N2O/c1-51(2)45-17-9-6-14-39(45)40-27-25-38(32-46(40)51)52(37-26-29-50-44(31-37)42-16-8-11-19-49(42)54-50)36-23-20-33(21-24-36)34-22-28-48-43(30-34)41-15-7-10-18-47(41)53(48)35-12-4-3-5-13-35;1-45(2)39-17-9-6-14-33(39)34-23-20-32(28-40(34)45)46(31-22-25-44-38(27-31)36-16-8-11-19-43(36)48-44)30-21-24-42-37(26-30)35-15-7-10-18-41(35)47(42)29-12-4-3-5-13-29/h3-32H,1-2H3;3-28H,1-2H3. The van der Waals surface area contributed by atoms with Gasteiger partial charge in [-0.1, -0.05) is 216 Å². The first-order chi connectivity index (χ1) is 50.1. The maximum atomic E-state index is 6.25. The van der Waals surface area contributed by atoms with Crippen LogP contribution in [-0.4, -0.2) is 9.13 Å². The third kappa shape index (κ3) is 9.19. The fourth-order valence-electron chi connectivity index (χ4n) is 17.0. The Morgan fingerprint density at radius 3 is 1.07 bits per heavy atom. The van der Waals surface area contributed by atoms with E-state index in [1.54, 1.807) is 0 Å². The molecule has 0 aliphatic heterocycles. The van der Waals surface area contributed by atoms with Gasteiger partial charge in [0.2, 0.25) is 0 Å². The van der Waals surface area contributed by atoms with Gasteiger partial charge in [-0.05, 0) is 207 Å². The van der Waals surface area contributed by atoms with E-state index in [2.05, 4.69) is 362 Å². The summed E-state index contributed by atoms with van der Waals surface area (Å²) >= 11 is 0. The van der Waals surface area contributed by atoms with Gasteiger partial charge in [0.25, 0.3) is 0 Å². The minimum Gasteiger partial charge on any atom is -0.456 e. The molecule has 0 saturated heterocycles. The molecule has 484 valence electrons. The number of para-hydroxylation sites is 6. The van der Waals surface area contributed by atoms with Gasteiger partial charge >= 0.3 is 0 Å². The van der Waals surface area contributed by atoms with Crippen molar-refractivity contribution in [2.24, 2.45) is 0 Å². The Morgan fingerprint density at radius 2 is 0.559 bits per heavy atom. The van der Waals surface area contributed by atoms with Crippen molar-refractivity contribution in [2.45, 2.75) is 38.5 Å². The molecule has 4 aromatic heterocycles. The number of furan rings is 2. The minimum atomic E-state index is -0.107. The normalized spacial score (nSPS) is 13.3. The highest BCUT2D eigenvalue weighted by atomic mass is 16.3. The average molecular weight is 1310 g/mol. The molecule has 15 aromatic carbocycles. The highest BCUT2D eigenvalue weighted by molar-refractivity contribution is 6.13. The molecule has 4 heterocycles. The lowest BCUT2D eigenvalue weighted by molar-refractivity contribution is 0.660. The predicted molar refractivity (Wildman–Crippen MR) is 426 cm³/mol. The van der Waals surface area contributed by atoms with Gasteiger partial charge in [0.15, 0.2) is 0 Å². The van der Waals surface area contributed by atoms with Gasteiger partial charge in [-0.3, -0.25) is 0 Å². The Hall–Kier alpha value is -12.9. The summed E-state index contributed by atoms with van der Waals surface area (Å²) < 4.78 is 17.2. The number of rotatable bonds is 9. The Balaban J connectivity index is 0.000000138. The molecule has 19 aromatic rings. The molecule has 21 rings (SSSR count).